The molecule has 5 nitrogen and oxygen atoms in total. The third-order valence-corrected chi connectivity index (χ3v) is 2.36. The Morgan fingerprint density at radius 2 is 1.50 bits per heavy atom. The van der Waals surface area contributed by atoms with Crippen LogP contribution in [0.2, 0.25) is 0 Å². The predicted octanol–water partition coefficient (Wildman–Crippen LogP) is -2.56. The maximum absolute atomic E-state index is 9.24. The van der Waals surface area contributed by atoms with Gasteiger partial charge in [0.1, 0.15) is 12.2 Å². The monoisotopic (exact) mass is 178 g/mol. The zero-order chi connectivity index (χ0) is 9.30. The van der Waals surface area contributed by atoms with Crippen molar-refractivity contribution in [3.05, 3.63) is 0 Å². The van der Waals surface area contributed by atoms with E-state index in [2.05, 4.69) is 0 Å². The standard InChI is InChI=1S/C7H14O5/c8-2-3-1-4(9)6(11)7(12)5(3)10/h3-12H,1-2H2/t3?,4?,5-,6?,7-/m0/s1. The zero-order valence-electron chi connectivity index (χ0n) is 6.54. The summed E-state index contributed by atoms with van der Waals surface area (Å²) < 4.78 is 0. The lowest BCUT2D eigenvalue weighted by molar-refractivity contribution is -0.163. The molecule has 5 heteroatoms. The molecule has 0 bridgehead atoms. The van der Waals surface area contributed by atoms with Crippen molar-refractivity contribution in [2.75, 3.05) is 6.61 Å². The maximum atomic E-state index is 9.24. The first-order valence-electron chi connectivity index (χ1n) is 3.91. The first-order valence-corrected chi connectivity index (χ1v) is 3.91. The first-order chi connectivity index (χ1) is 5.57. The lowest BCUT2D eigenvalue weighted by atomic mass is 9.81. The zero-order valence-corrected chi connectivity index (χ0v) is 6.54. The van der Waals surface area contributed by atoms with Gasteiger partial charge in [-0.15, -0.1) is 0 Å². The van der Waals surface area contributed by atoms with Gasteiger partial charge in [-0.3, -0.25) is 0 Å². The van der Waals surface area contributed by atoms with Crippen LogP contribution in [0.4, 0.5) is 0 Å². The first kappa shape index (κ1) is 9.88. The number of hydrogen-bond donors (Lipinski definition) is 5. The van der Waals surface area contributed by atoms with E-state index in [1.54, 1.807) is 0 Å². The molecule has 0 aromatic heterocycles. The Balaban J connectivity index is 2.63. The Kier molecular flexibility index (Phi) is 3.03. The summed E-state index contributed by atoms with van der Waals surface area (Å²) >= 11 is 0. The van der Waals surface area contributed by atoms with Crippen LogP contribution < -0.4 is 0 Å². The molecular weight excluding hydrogens is 164 g/mol. The van der Waals surface area contributed by atoms with Gasteiger partial charge in [-0.25, -0.2) is 0 Å². The molecule has 0 heterocycles. The van der Waals surface area contributed by atoms with Gasteiger partial charge < -0.3 is 25.5 Å². The topological polar surface area (TPSA) is 101 Å². The second-order valence-corrected chi connectivity index (χ2v) is 3.22. The minimum Gasteiger partial charge on any atom is -0.396 e. The predicted molar refractivity (Wildman–Crippen MR) is 39.2 cm³/mol. The third-order valence-electron chi connectivity index (χ3n) is 2.36. The molecule has 0 saturated heterocycles. The van der Waals surface area contributed by atoms with Crippen LogP contribution in [0.25, 0.3) is 0 Å². The van der Waals surface area contributed by atoms with E-state index in [1.807, 2.05) is 0 Å². The average Bonchev–Trinajstić information content (AvgIpc) is 2.08. The van der Waals surface area contributed by atoms with E-state index in [1.165, 1.54) is 0 Å². The van der Waals surface area contributed by atoms with Crippen molar-refractivity contribution in [2.24, 2.45) is 5.92 Å². The van der Waals surface area contributed by atoms with Gasteiger partial charge in [0.15, 0.2) is 0 Å². The molecule has 0 radical (unpaired) electrons. The van der Waals surface area contributed by atoms with E-state index in [-0.39, 0.29) is 13.0 Å². The van der Waals surface area contributed by atoms with Crippen LogP contribution in [0, 0.1) is 5.92 Å². The third kappa shape index (κ3) is 1.60. The normalized spacial score (nSPS) is 49.2. The molecule has 72 valence electrons. The van der Waals surface area contributed by atoms with Crippen molar-refractivity contribution in [1.82, 2.24) is 0 Å². The summed E-state index contributed by atoms with van der Waals surface area (Å²) in [6.45, 7) is -0.304. The lowest BCUT2D eigenvalue weighted by Crippen LogP contribution is -2.54. The van der Waals surface area contributed by atoms with E-state index >= 15 is 0 Å². The molecule has 0 aromatic carbocycles. The van der Waals surface area contributed by atoms with E-state index < -0.39 is 30.3 Å². The molecular formula is C7H14O5. The molecule has 1 aliphatic carbocycles. The fourth-order valence-corrected chi connectivity index (χ4v) is 1.48. The molecule has 0 amide bonds. The van der Waals surface area contributed by atoms with E-state index in [0.717, 1.165) is 0 Å². The van der Waals surface area contributed by atoms with Gasteiger partial charge in [-0.05, 0) is 6.42 Å². The molecule has 5 atom stereocenters. The van der Waals surface area contributed by atoms with Crippen LogP contribution in [-0.2, 0) is 0 Å². The van der Waals surface area contributed by atoms with Crippen LogP contribution in [0.15, 0.2) is 0 Å². The largest absolute Gasteiger partial charge is 0.396 e. The summed E-state index contributed by atoms with van der Waals surface area (Å²) in [4.78, 5) is 0. The summed E-state index contributed by atoms with van der Waals surface area (Å²) in [5, 5.41) is 45.3. The van der Waals surface area contributed by atoms with Crippen LogP contribution in [0.1, 0.15) is 6.42 Å². The van der Waals surface area contributed by atoms with Crippen molar-refractivity contribution >= 4 is 0 Å². The van der Waals surface area contributed by atoms with Crippen LogP contribution in [0.5, 0.6) is 0 Å². The Morgan fingerprint density at radius 3 is 2.00 bits per heavy atom. The smallest absolute Gasteiger partial charge is 0.109 e. The SMILES string of the molecule is OCC1CC(O)C(O)[C@@H](O)[C@H]1O. The average molecular weight is 178 g/mol. The lowest BCUT2D eigenvalue weighted by Gasteiger charge is -2.37. The van der Waals surface area contributed by atoms with Gasteiger partial charge in [0, 0.05) is 12.5 Å². The van der Waals surface area contributed by atoms with Crippen molar-refractivity contribution in [3.8, 4) is 0 Å². The van der Waals surface area contributed by atoms with E-state index in [0.29, 0.717) is 0 Å². The van der Waals surface area contributed by atoms with Gasteiger partial charge in [0.25, 0.3) is 0 Å². The van der Waals surface area contributed by atoms with Crippen molar-refractivity contribution in [2.45, 2.75) is 30.8 Å². The summed E-state index contributed by atoms with van der Waals surface area (Å²) in [5.74, 6) is -0.557. The molecule has 1 rings (SSSR count). The highest BCUT2D eigenvalue weighted by Crippen LogP contribution is 2.25. The summed E-state index contributed by atoms with van der Waals surface area (Å²) in [6.07, 6.45) is -4.81. The fraction of sp³-hybridized carbons (Fsp3) is 1.00. The van der Waals surface area contributed by atoms with E-state index in [9.17, 15) is 5.11 Å². The van der Waals surface area contributed by atoms with Crippen LogP contribution in [-0.4, -0.2) is 56.6 Å². The Hall–Kier alpha value is -0.200. The molecule has 0 aliphatic heterocycles. The molecule has 1 fully saturated rings. The summed E-state index contributed by atoms with van der Waals surface area (Å²) in [5.41, 5.74) is 0. The molecule has 1 saturated carbocycles. The number of hydrogen-bond acceptors (Lipinski definition) is 5. The van der Waals surface area contributed by atoms with Gasteiger partial charge in [-0.2, -0.15) is 0 Å². The Morgan fingerprint density at radius 1 is 0.917 bits per heavy atom. The van der Waals surface area contributed by atoms with Crippen molar-refractivity contribution in [3.63, 3.8) is 0 Å². The van der Waals surface area contributed by atoms with Gasteiger partial charge >= 0.3 is 0 Å². The molecule has 5 N–H and O–H groups in total. The second kappa shape index (κ2) is 3.68. The molecule has 1 aliphatic rings. The Labute approximate surface area is 69.9 Å². The number of aliphatic hydroxyl groups is 5. The van der Waals surface area contributed by atoms with Crippen LogP contribution in [0.3, 0.4) is 0 Å². The maximum Gasteiger partial charge on any atom is 0.109 e. The molecule has 12 heavy (non-hydrogen) atoms. The molecule has 0 aromatic rings. The van der Waals surface area contributed by atoms with Crippen LogP contribution >= 0.6 is 0 Å². The number of rotatable bonds is 1. The highest BCUT2D eigenvalue weighted by atomic mass is 16.4. The van der Waals surface area contributed by atoms with Gasteiger partial charge in [-0.1, -0.05) is 0 Å². The second-order valence-electron chi connectivity index (χ2n) is 3.22. The fourth-order valence-electron chi connectivity index (χ4n) is 1.48. The highest BCUT2D eigenvalue weighted by molar-refractivity contribution is 4.91. The quantitative estimate of drug-likeness (QED) is 0.304. The summed E-state index contributed by atoms with van der Waals surface area (Å²) in [6, 6.07) is 0. The van der Waals surface area contributed by atoms with E-state index in [4.69, 9.17) is 20.4 Å². The van der Waals surface area contributed by atoms with Gasteiger partial charge in [0.05, 0.1) is 12.2 Å². The summed E-state index contributed by atoms with van der Waals surface area (Å²) in [7, 11) is 0. The molecule has 0 spiro atoms. The Bertz CT molecular complexity index is 146. The van der Waals surface area contributed by atoms with Crippen molar-refractivity contribution in [1.29, 1.82) is 0 Å². The minimum absolute atomic E-state index is 0.107. The minimum atomic E-state index is -1.37. The highest BCUT2D eigenvalue weighted by Gasteiger charge is 2.41. The van der Waals surface area contributed by atoms with Gasteiger partial charge in [0.2, 0.25) is 0 Å². The number of aliphatic hydroxyl groups excluding tert-OH is 5. The van der Waals surface area contributed by atoms with Crippen molar-refractivity contribution < 1.29 is 25.5 Å². The molecule has 3 unspecified atom stereocenters.